The molecule has 0 radical (unpaired) electrons. The third-order valence-electron chi connectivity index (χ3n) is 3.79. The Labute approximate surface area is 124 Å². The van der Waals surface area contributed by atoms with Crippen molar-refractivity contribution in [3.63, 3.8) is 0 Å². The van der Waals surface area contributed by atoms with E-state index in [2.05, 4.69) is 17.6 Å². The average molecular weight is 284 g/mol. The Morgan fingerprint density at radius 2 is 1.85 bits per heavy atom. The molecule has 2 unspecified atom stereocenters. The topological polar surface area (TPSA) is 50.4 Å². The monoisotopic (exact) mass is 284 g/mol. The summed E-state index contributed by atoms with van der Waals surface area (Å²) in [6.45, 7) is 12.7. The van der Waals surface area contributed by atoms with E-state index in [0.29, 0.717) is 6.04 Å². The molecule has 0 aromatic rings. The second-order valence-electron chi connectivity index (χ2n) is 7.68. The Balaban J connectivity index is 2.32. The minimum atomic E-state index is -0.451. The lowest BCUT2D eigenvalue weighted by atomic mass is 10.0. The molecule has 118 valence electrons. The van der Waals surface area contributed by atoms with Crippen LogP contribution in [-0.4, -0.2) is 29.8 Å². The number of hydrogen-bond acceptors (Lipinski definition) is 3. The minimum absolute atomic E-state index is 0.299. The molecule has 0 heterocycles. The van der Waals surface area contributed by atoms with Crippen LogP contribution >= 0.6 is 0 Å². The number of hydrogen-bond donors (Lipinski definition) is 2. The van der Waals surface area contributed by atoms with Gasteiger partial charge >= 0.3 is 6.09 Å². The van der Waals surface area contributed by atoms with Crippen LogP contribution in [0.15, 0.2) is 0 Å². The molecule has 1 fully saturated rings. The molecular formula is C16H32N2O2. The van der Waals surface area contributed by atoms with Crippen LogP contribution in [0, 0.1) is 5.92 Å². The fourth-order valence-corrected chi connectivity index (χ4v) is 2.65. The maximum atomic E-state index is 11.8. The summed E-state index contributed by atoms with van der Waals surface area (Å²) in [6, 6.07) is 0.597. The molecule has 0 aromatic carbocycles. The zero-order chi connectivity index (χ0) is 15.4. The summed E-state index contributed by atoms with van der Waals surface area (Å²) in [4.78, 5) is 11.8. The second kappa shape index (κ2) is 6.79. The maximum Gasteiger partial charge on any atom is 0.408 e. The fourth-order valence-electron chi connectivity index (χ4n) is 2.65. The lowest BCUT2D eigenvalue weighted by Crippen LogP contribution is -2.53. The van der Waals surface area contributed by atoms with Gasteiger partial charge < -0.3 is 15.4 Å². The van der Waals surface area contributed by atoms with Gasteiger partial charge in [-0.1, -0.05) is 13.3 Å². The van der Waals surface area contributed by atoms with Crippen LogP contribution < -0.4 is 10.6 Å². The Morgan fingerprint density at radius 1 is 1.20 bits per heavy atom. The molecule has 4 nitrogen and oxygen atoms in total. The lowest BCUT2D eigenvalue weighted by molar-refractivity contribution is 0.0470. The summed E-state index contributed by atoms with van der Waals surface area (Å²) in [5.74, 6) is 0.870. The molecule has 1 amide bonds. The first kappa shape index (κ1) is 17.3. The highest BCUT2D eigenvalue weighted by Crippen LogP contribution is 2.27. The van der Waals surface area contributed by atoms with E-state index in [-0.39, 0.29) is 11.6 Å². The van der Waals surface area contributed by atoms with Crippen LogP contribution in [0.1, 0.15) is 67.2 Å². The number of rotatable bonds is 5. The number of alkyl carbamates (subject to hydrolysis) is 1. The van der Waals surface area contributed by atoms with E-state index in [9.17, 15) is 4.79 Å². The smallest absolute Gasteiger partial charge is 0.408 e. The highest BCUT2D eigenvalue weighted by atomic mass is 16.6. The van der Waals surface area contributed by atoms with Gasteiger partial charge in [0.2, 0.25) is 0 Å². The van der Waals surface area contributed by atoms with Crippen molar-refractivity contribution in [1.29, 1.82) is 0 Å². The van der Waals surface area contributed by atoms with Crippen LogP contribution in [0.3, 0.4) is 0 Å². The molecule has 20 heavy (non-hydrogen) atoms. The molecule has 1 aliphatic carbocycles. The van der Waals surface area contributed by atoms with E-state index in [1.54, 1.807) is 0 Å². The van der Waals surface area contributed by atoms with Gasteiger partial charge in [0.05, 0.1) is 5.54 Å². The number of amides is 1. The maximum absolute atomic E-state index is 11.8. The number of carbonyl (C=O) groups excluding carboxylic acids is 1. The van der Waals surface area contributed by atoms with Crippen molar-refractivity contribution in [2.75, 3.05) is 6.54 Å². The van der Waals surface area contributed by atoms with Crippen LogP contribution in [0.5, 0.6) is 0 Å². The third kappa shape index (κ3) is 6.60. The highest BCUT2D eigenvalue weighted by molar-refractivity contribution is 5.68. The van der Waals surface area contributed by atoms with Crippen molar-refractivity contribution in [1.82, 2.24) is 10.6 Å². The number of carbonyl (C=O) groups is 1. The van der Waals surface area contributed by atoms with Crippen molar-refractivity contribution >= 4 is 6.09 Å². The van der Waals surface area contributed by atoms with Crippen molar-refractivity contribution in [2.24, 2.45) is 5.92 Å². The summed E-state index contributed by atoms with van der Waals surface area (Å²) < 4.78 is 5.30. The standard InChI is InChI=1S/C16H32N2O2/c1-7-12-8-9-13(10-12)17-11-16(5,6)18-14(19)20-15(2,3)4/h12-13,17H,7-11H2,1-6H3,(H,18,19). The van der Waals surface area contributed by atoms with Gasteiger partial charge in [-0.05, 0) is 59.8 Å². The lowest BCUT2D eigenvalue weighted by Gasteiger charge is -2.30. The first-order chi connectivity index (χ1) is 9.11. The predicted octanol–water partition coefficient (Wildman–Crippen LogP) is 3.46. The molecule has 1 saturated carbocycles. The summed E-state index contributed by atoms with van der Waals surface area (Å²) in [5.41, 5.74) is -0.750. The Kier molecular flexibility index (Phi) is 5.87. The van der Waals surface area contributed by atoms with E-state index in [1.165, 1.54) is 25.7 Å². The van der Waals surface area contributed by atoms with Gasteiger partial charge in [0, 0.05) is 12.6 Å². The van der Waals surface area contributed by atoms with Gasteiger partial charge in [-0.2, -0.15) is 0 Å². The fraction of sp³-hybridized carbons (Fsp3) is 0.938. The van der Waals surface area contributed by atoms with Gasteiger partial charge in [-0.15, -0.1) is 0 Å². The molecule has 0 saturated heterocycles. The normalized spacial score (nSPS) is 23.7. The molecule has 4 heteroatoms. The molecule has 0 aromatic heterocycles. The largest absolute Gasteiger partial charge is 0.444 e. The van der Waals surface area contributed by atoms with Gasteiger partial charge in [-0.3, -0.25) is 0 Å². The quantitative estimate of drug-likeness (QED) is 0.813. The van der Waals surface area contributed by atoms with Crippen LogP contribution in [0.25, 0.3) is 0 Å². The number of ether oxygens (including phenoxy) is 1. The Hall–Kier alpha value is -0.770. The first-order valence-electron chi connectivity index (χ1n) is 7.86. The average Bonchev–Trinajstić information content (AvgIpc) is 2.70. The highest BCUT2D eigenvalue weighted by Gasteiger charge is 2.28. The van der Waals surface area contributed by atoms with Gasteiger partial charge in [0.1, 0.15) is 5.60 Å². The first-order valence-corrected chi connectivity index (χ1v) is 7.86. The van der Waals surface area contributed by atoms with E-state index in [1.807, 2.05) is 34.6 Å². The third-order valence-corrected chi connectivity index (χ3v) is 3.79. The molecule has 2 atom stereocenters. The molecule has 1 rings (SSSR count). The van der Waals surface area contributed by atoms with Crippen molar-refractivity contribution in [2.45, 2.75) is 84.4 Å². The Bertz CT molecular complexity index is 321. The van der Waals surface area contributed by atoms with E-state index >= 15 is 0 Å². The van der Waals surface area contributed by atoms with Gasteiger partial charge in [0.15, 0.2) is 0 Å². The zero-order valence-electron chi connectivity index (χ0n) is 14.0. The van der Waals surface area contributed by atoms with E-state index < -0.39 is 5.60 Å². The van der Waals surface area contributed by atoms with Crippen molar-refractivity contribution in [3.05, 3.63) is 0 Å². The summed E-state index contributed by atoms with van der Waals surface area (Å²) in [5, 5.41) is 6.52. The molecule has 0 bridgehead atoms. The van der Waals surface area contributed by atoms with Crippen LogP contribution in [0.2, 0.25) is 0 Å². The van der Waals surface area contributed by atoms with E-state index in [4.69, 9.17) is 4.74 Å². The number of nitrogens with one attached hydrogen (secondary N) is 2. The molecule has 1 aliphatic rings. The second-order valence-corrected chi connectivity index (χ2v) is 7.68. The van der Waals surface area contributed by atoms with Gasteiger partial charge in [0.25, 0.3) is 0 Å². The van der Waals surface area contributed by atoms with Crippen molar-refractivity contribution in [3.8, 4) is 0 Å². The summed E-state index contributed by atoms with van der Waals surface area (Å²) in [7, 11) is 0. The van der Waals surface area contributed by atoms with Crippen molar-refractivity contribution < 1.29 is 9.53 Å². The minimum Gasteiger partial charge on any atom is -0.444 e. The SMILES string of the molecule is CCC1CCC(NCC(C)(C)NC(=O)OC(C)(C)C)C1. The predicted molar refractivity (Wildman–Crippen MR) is 82.9 cm³/mol. The zero-order valence-corrected chi connectivity index (χ0v) is 14.0. The van der Waals surface area contributed by atoms with Crippen LogP contribution in [-0.2, 0) is 4.74 Å². The van der Waals surface area contributed by atoms with Gasteiger partial charge in [-0.25, -0.2) is 4.79 Å². The molecule has 0 aliphatic heterocycles. The van der Waals surface area contributed by atoms with Crippen LogP contribution in [0.4, 0.5) is 4.79 Å². The Morgan fingerprint density at radius 3 is 2.35 bits per heavy atom. The summed E-state index contributed by atoms with van der Waals surface area (Å²) in [6.07, 6.45) is 4.77. The molecular weight excluding hydrogens is 252 g/mol. The summed E-state index contributed by atoms with van der Waals surface area (Å²) >= 11 is 0. The molecule has 2 N–H and O–H groups in total. The molecule has 0 spiro atoms. The van der Waals surface area contributed by atoms with E-state index in [0.717, 1.165) is 12.5 Å².